The van der Waals surface area contributed by atoms with Crippen LogP contribution < -0.4 is 4.90 Å². The van der Waals surface area contributed by atoms with Crippen molar-refractivity contribution in [1.82, 2.24) is 0 Å². The number of Topliss-reactive ketones (excluding diaryl/α,β-unsaturated/α-hetero) is 1. The van der Waals surface area contributed by atoms with Crippen LogP contribution in [0.15, 0.2) is 24.3 Å². The Balaban J connectivity index is 2.16. The molecule has 1 saturated heterocycles. The highest BCUT2D eigenvalue weighted by molar-refractivity contribution is 6.33. The highest BCUT2D eigenvalue weighted by Crippen LogP contribution is 2.20. The molecule has 0 saturated carbocycles. The molecule has 3 heteroatoms. The summed E-state index contributed by atoms with van der Waals surface area (Å²) in [6.07, 6.45) is 2.81. The Kier molecular flexibility index (Phi) is 2.81. The molecule has 1 aliphatic heterocycles. The molecule has 78 valence electrons. The standard InChI is InChI=1S/C12H13NO2/c14-9-12(15)10-3-5-11(6-4-10)13-7-1-2-8-13/h3-6,9H,1-2,7-8H2. The molecule has 0 unspecified atom stereocenters. The molecule has 0 aliphatic carbocycles. The summed E-state index contributed by atoms with van der Waals surface area (Å²) in [5, 5.41) is 0. The van der Waals surface area contributed by atoms with E-state index >= 15 is 0 Å². The molecule has 0 aromatic heterocycles. The van der Waals surface area contributed by atoms with Gasteiger partial charge >= 0.3 is 0 Å². The topological polar surface area (TPSA) is 37.4 Å². The zero-order valence-electron chi connectivity index (χ0n) is 8.48. The summed E-state index contributed by atoms with van der Waals surface area (Å²) in [6, 6.07) is 7.24. The number of carbonyl (C=O) groups excluding carboxylic acids is 2. The predicted octanol–water partition coefficient (Wildman–Crippen LogP) is 1.67. The summed E-state index contributed by atoms with van der Waals surface area (Å²) in [5.41, 5.74) is 1.60. The average Bonchev–Trinajstić information content (AvgIpc) is 2.82. The minimum atomic E-state index is -0.456. The summed E-state index contributed by atoms with van der Waals surface area (Å²) in [4.78, 5) is 23.6. The fourth-order valence-electron chi connectivity index (χ4n) is 1.88. The fourth-order valence-corrected chi connectivity index (χ4v) is 1.88. The van der Waals surface area contributed by atoms with Crippen molar-refractivity contribution in [1.29, 1.82) is 0 Å². The molecule has 1 aromatic rings. The lowest BCUT2D eigenvalue weighted by Gasteiger charge is -2.17. The SMILES string of the molecule is O=CC(=O)c1ccc(N2CCCC2)cc1. The fraction of sp³-hybridized carbons (Fsp3) is 0.333. The summed E-state index contributed by atoms with van der Waals surface area (Å²) < 4.78 is 0. The average molecular weight is 203 g/mol. The van der Waals surface area contributed by atoms with Crippen molar-refractivity contribution in [2.24, 2.45) is 0 Å². The zero-order valence-corrected chi connectivity index (χ0v) is 8.48. The van der Waals surface area contributed by atoms with Gasteiger partial charge in [-0.15, -0.1) is 0 Å². The van der Waals surface area contributed by atoms with Crippen molar-refractivity contribution in [2.75, 3.05) is 18.0 Å². The molecule has 0 spiro atoms. The third kappa shape index (κ3) is 2.06. The molecule has 0 atom stereocenters. The molecule has 0 N–H and O–H groups in total. The monoisotopic (exact) mass is 203 g/mol. The van der Waals surface area contributed by atoms with E-state index in [0.29, 0.717) is 11.8 Å². The van der Waals surface area contributed by atoms with E-state index in [1.54, 1.807) is 12.1 Å². The molecule has 1 aromatic carbocycles. The molecule has 2 rings (SSSR count). The first-order valence-electron chi connectivity index (χ1n) is 5.16. The van der Waals surface area contributed by atoms with Gasteiger partial charge in [0.25, 0.3) is 0 Å². The van der Waals surface area contributed by atoms with Gasteiger partial charge in [0.05, 0.1) is 0 Å². The van der Waals surface area contributed by atoms with Crippen molar-refractivity contribution in [3.05, 3.63) is 29.8 Å². The Morgan fingerprint density at radius 3 is 2.27 bits per heavy atom. The molecule has 0 amide bonds. The van der Waals surface area contributed by atoms with E-state index in [0.717, 1.165) is 18.8 Å². The number of ketones is 1. The highest BCUT2D eigenvalue weighted by Gasteiger charge is 2.12. The number of hydrogen-bond donors (Lipinski definition) is 0. The summed E-state index contributed by atoms with van der Waals surface area (Å²) in [6.45, 7) is 2.17. The van der Waals surface area contributed by atoms with Crippen LogP contribution in [-0.2, 0) is 4.79 Å². The van der Waals surface area contributed by atoms with E-state index < -0.39 is 5.78 Å². The van der Waals surface area contributed by atoms with Gasteiger partial charge in [0.15, 0.2) is 6.29 Å². The molecular formula is C12H13NO2. The van der Waals surface area contributed by atoms with Gasteiger partial charge in [-0.2, -0.15) is 0 Å². The van der Waals surface area contributed by atoms with Crippen LogP contribution in [0.2, 0.25) is 0 Å². The van der Waals surface area contributed by atoms with E-state index in [2.05, 4.69) is 4.90 Å². The molecule has 1 aliphatic rings. The second-order valence-corrected chi connectivity index (χ2v) is 3.72. The lowest BCUT2D eigenvalue weighted by molar-refractivity contribution is -0.104. The van der Waals surface area contributed by atoms with E-state index in [-0.39, 0.29) is 0 Å². The molecule has 15 heavy (non-hydrogen) atoms. The van der Waals surface area contributed by atoms with Crippen molar-refractivity contribution in [2.45, 2.75) is 12.8 Å². The second-order valence-electron chi connectivity index (χ2n) is 3.72. The van der Waals surface area contributed by atoms with Gasteiger partial charge in [0, 0.05) is 24.3 Å². The molecular weight excluding hydrogens is 190 g/mol. The third-order valence-corrected chi connectivity index (χ3v) is 2.73. The minimum Gasteiger partial charge on any atom is -0.372 e. The minimum absolute atomic E-state index is 0.352. The van der Waals surface area contributed by atoms with Crippen LogP contribution in [0.4, 0.5) is 5.69 Å². The maximum Gasteiger partial charge on any atom is 0.225 e. The van der Waals surface area contributed by atoms with E-state index in [4.69, 9.17) is 0 Å². The second kappa shape index (κ2) is 4.26. The van der Waals surface area contributed by atoms with Gasteiger partial charge in [-0.1, -0.05) is 0 Å². The first-order valence-corrected chi connectivity index (χ1v) is 5.16. The Labute approximate surface area is 88.7 Å². The smallest absolute Gasteiger partial charge is 0.225 e. The van der Waals surface area contributed by atoms with Crippen LogP contribution in [0.1, 0.15) is 23.2 Å². The molecule has 1 fully saturated rings. The number of hydrogen-bond acceptors (Lipinski definition) is 3. The maximum atomic E-state index is 11.1. The Morgan fingerprint density at radius 2 is 1.73 bits per heavy atom. The van der Waals surface area contributed by atoms with E-state index in [1.165, 1.54) is 12.8 Å². The number of anilines is 1. The van der Waals surface area contributed by atoms with E-state index in [9.17, 15) is 9.59 Å². The number of benzene rings is 1. The maximum absolute atomic E-state index is 11.1. The number of rotatable bonds is 3. The van der Waals surface area contributed by atoms with Crippen molar-refractivity contribution in [3.8, 4) is 0 Å². The van der Waals surface area contributed by atoms with Gasteiger partial charge in [-0.05, 0) is 37.1 Å². The summed E-state index contributed by atoms with van der Waals surface area (Å²) in [7, 11) is 0. The van der Waals surface area contributed by atoms with Crippen molar-refractivity contribution >= 4 is 17.8 Å². The van der Waals surface area contributed by atoms with Crippen LogP contribution in [0.25, 0.3) is 0 Å². The zero-order chi connectivity index (χ0) is 10.7. The van der Waals surface area contributed by atoms with Gasteiger partial charge in [-0.3, -0.25) is 9.59 Å². The van der Waals surface area contributed by atoms with E-state index in [1.807, 2.05) is 12.1 Å². The van der Waals surface area contributed by atoms with Gasteiger partial charge < -0.3 is 4.90 Å². The molecule has 3 nitrogen and oxygen atoms in total. The normalized spacial score (nSPS) is 15.3. The Bertz CT molecular complexity index is 364. The third-order valence-electron chi connectivity index (χ3n) is 2.73. The summed E-state index contributed by atoms with van der Waals surface area (Å²) >= 11 is 0. The number of nitrogens with zero attached hydrogens (tertiary/aromatic N) is 1. The van der Waals surface area contributed by atoms with Crippen LogP contribution in [-0.4, -0.2) is 25.2 Å². The molecule has 0 bridgehead atoms. The first-order chi connectivity index (χ1) is 7.31. The largest absolute Gasteiger partial charge is 0.372 e. The lowest BCUT2D eigenvalue weighted by atomic mass is 10.1. The summed E-state index contributed by atoms with van der Waals surface area (Å²) in [5.74, 6) is -0.456. The van der Waals surface area contributed by atoms with Gasteiger partial charge in [0.2, 0.25) is 5.78 Å². The van der Waals surface area contributed by atoms with Crippen molar-refractivity contribution < 1.29 is 9.59 Å². The molecule has 1 heterocycles. The number of carbonyl (C=O) groups is 2. The molecule has 0 radical (unpaired) electrons. The Morgan fingerprint density at radius 1 is 1.13 bits per heavy atom. The first kappa shape index (κ1) is 9.90. The van der Waals surface area contributed by atoms with Crippen LogP contribution in [0, 0.1) is 0 Å². The van der Waals surface area contributed by atoms with Crippen molar-refractivity contribution in [3.63, 3.8) is 0 Å². The van der Waals surface area contributed by atoms with Crippen LogP contribution >= 0.6 is 0 Å². The quantitative estimate of drug-likeness (QED) is 0.426. The predicted molar refractivity (Wildman–Crippen MR) is 58.3 cm³/mol. The van der Waals surface area contributed by atoms with Gasteiger partial charge in [0.1, 0.15) is 0 Å². The lowest BCUT2D eigenvalue weighted by Crippen LogP contribution is -2.17. The Hall–Kier alpha value is -1.64. The van der Waals surface area contributed by atoms with Crippen LogP contribution in [0.3, 0.4) is 0 Å². The van der Waals surface area contributed by atoms with Crippen LogP contribution in [0.5, 0.6) is 0 Å². The number of aldehydes is 1. The van der Waals surface area contributed by atoms with Gasteiger partial charge in [-0.25, -0.2) is 0 Å². The highest BCUT2D eigenvalue weighted by atomic mass is 16.2.